The number of rotatable bonds is 6. The minimum absolute atomic E-state index is 0.0329. The number of carbonyl (C=O) groups excluding carboxylic acids is 1. The van der Waals surface area contributed by atoms with Gasteiger partial charge in [0, 0.05) is 0 Å². The molecular formula is C18H16ClN3O7S2. The van der Waals surface area contributed by atoms with E-state index in [1.165, 1.54) is 18.6 Å². The highest BCUT2D eigenvalue weighted by Gasteiger charge is 2.29. The number of halogens is 1. The standard InChI is InChI=1S/C18H16ClN3O7S2/c1-8-6-10-14(28-7-27-10)15(26-3)13(8)20-17(23)16-11(4-5-30-16)31(24,25)22-18-12(19)9(2)21-29-18/h4-6,22H,7H2,1-3H3,(H,20,23). The first kappa shape index (κ1) is 21.3. The van der Waals surface area contributed by atoms with Gasteiger partial charge in [0.15, 0.2) is 11.5 Å². The fourth-order valence-electron chi connectivity index (χ4n) is 2.93. The van der Waals surface area contributed by atoms with Crippen molar-refractivity contribution in [2.24, 2.45) is 0 Å². The summed E-state index contributed by atoms with van der Waals surface area (Å²) in [6.07, 6.45) is 0. The first-order valence-corrected chi connectivity index (χ1v) is 11.5. The molecule has 0 radical (unpaired) electrons. The average molecular weight is 486 g/mol. The molecule has 164 valence electrons. The molecule has 3 aromatic rings. The molecule has 13 heteroatoms. The molecule has 0 unspecified atom stereocenters. The van der Waals surface area contributed by atoms with E-state index in [1.807, 2.05) is 0 Å². The van der Waals surface area contributed by atoms with Crippen LogP contribution >= 0.6 is 22.9 Å². The summed E-state index contributed by atoms with van der Waals surface area (Å²) in [7, 11) is -2.75. The molecule has 1 aliphatic rings. The van der Waals surface area contributed by atoms with E-state index in [0.29, 0.717) is 28.4 Å². The predicted molar refractivity (Wildman–Crippen MR) is 113 cm³/mol. The number of fused-ring (bicyclic) bond motifs is 1. The number of sulfonamides is 1. The fourth-order valence-corrected chi connectivity index (χ4v) is 5.42. The van der Waals surface area contributed by atoms with Gasteiger partial charge in [0.2, 0.25) is 12.5 Å². The molecular weight excluding hydrogens is 470 g/mol. The number of amides is 1. The summed E-state index contributed by atoms with van der Waals surface area (Å²) in [4.78, 5) is 12.7. The molecule has 1 amide bonds. The lowest BCUT2D eigenvalue weighted by Crippen LogP contribution is -2.19. The van der Waals surface area contributed by atoms with E-state index in [-0.39, 0.29) is 33.2 Å². The minimum Gasteiger partial charge on any atom is -0.491 e. The third kappa shape index (κ3) is 3.77. The summed E-state index contributed by atoms with van der Waals surface area (Å²) in [5.74, 6) is 0.263. The number of benzene rings is 1. The van der Waals surface area contributed by atoms with Gasteiger partial charge in [-0.2, -0.15) is 0 Å². The molecule has 0 fully saturated rings. The van der Waals surface area contributed by atoms with E-state index >= 15 is 0 Å². The second-order valence-electron chi connectivity index (χ2n) is 6.42. The van der Waals surface area contributed by atoms with E-state index in [4.69, 9.17) is 30.3 Å². The van der Waals surface area contributed by atoms with Crippen molar-refractivity contribution in [1.82, 2.24) is 5.16 Å². The van der Waals surface area contributed by atoms with Crippen molar-refractivity contribution < 1.29 is 31.9 Å². The van der Waals surface area contributed by atoms with Crippen LogP contribution < -0.4 is 24.2 Å². The van der Waals surface area contributed by atoms with Gasteiger partial charge in [-0.3, -0.25) is 4.79 Å². The summed E-state index contributed by atoms with van der Waals surface area (Å²) in [6, 6.07) is 3.01. The highest BCUT2D eigenvalue weighted by atomic mass is 35.5. The van der Waals surface area contributed by atoms with E-state index in [1.54, 1.807) is 19.9 Å². The number of thiophene rings is 1. The molecule has 1 aliphatic heterocycles. The molecule has 0 spiro atoms. The maximum absolute atomic E-state index is 13.0. The number of aryl methyl sites for hydroxylation is 2. The molecule has 2 N–H and O–H groups in total. The lowest BCUT2D eigenvalue weighted by molar-refractivity contribution is 0.102. The van der Waals surface area contributed by atoms with Gasteiger partial charge in [0.05, 0.1) is 12.8 Å². The van der Waals surface area contributed by atoms with Crippen LogP contribution in [0.1, 0.15) is 20.9 Å². The maximum atomic E-state index is 13.0. The number of nitrogens with zero attached hydrogens (tertiary/aromatic N) is 1. The summed E-state index contributed by atoms with van der Waals surface area (Å²) in [6.45, 7) is 3.35. The van der Waals surface area contributed by atoms with Gasteiger partial charge < -0.3 is 24.1 Å². The molecule has 2 aromatic heterocycles. The first-order valence-electron chi connectivity index (χ1n) is 8.73. The minimum atomic E-state index is -4.18. The quantitative estimate of drug-likeness (QED) is 0.539. The molecule has 4 rings (SSSR count). The number of ether oxygens (including phenoxy) is 3. The van der Waals surface area contributed by atoms with E-state index in [0.717, 1.165) is 11.3 Å². The van der Waals surface area contributed by atoms with Gasteiger partial charge in [-0.25, -0.2) is 13.1 Å². The zero-order valence-electron chi connectivity index (χ0n) is 16.4. The van der Waals surface area contributed by atoms with E-state index in [9.17, 15) is 13.2 Å². The van der Waals surface area contributed by atoms with Gasteiger partial charge >= 0.3 is 0 Å². The fraction of sp³-hybridized carbons (Fsp3) is 0.222. The maximum Gasteiger partial charge on any atom is 0.267 e. The Morgan fingerprint density at radius 1 is 1.32 bits per heavy atom. The highest BCUT2D eigenvalue weighted by molar-refractivity contribution is 7.93. The van der Waals surface area contributed by atoms with Crippen LogP contribution in [0.5, 0.6) is 17.2 Å². The molecule has 3 heterocycles. The van der Waals surface area contributed by atoms with Crippen molar-refractivity contribution >= 4 is 50.4 Å². The summed E-state index contributed by atoms with van der Waals surface area (Å²) in [5.41, 5.74) is 1.32. The van der Waals surface area contributed by atoms with Crippen LogP contribution in [0.25, 0.3) is 0 Å². The summed E-state index contributed by atoms with van der Waals surface area (Å²) in [5, 5.41) is 7.84. The van der Waals surface area contributed by atoms with Gasteiger partial charge in [-0.1, -0.05) is 16.8 Å². The van der Waals surface area contributed by atoms with Crippen molar-refractivity contribution in [1.29, 1.82) is 0 Å². The van der Waals surface area contributed by atoms with Gasteiger partial charge in [0.25, 0.3) is 21.8 Å². The van der Waals surface area contributed by atoms with E-state index in [2.05, 4.69) is 15.2 Å². The van der Waals surface area contributed by atoms with Crippen LogP contribution in [0.15, 0.2) is 26.9 Å². The highest BCUT2D eigenvalue weighted by Crippen LogP contribution is 2.47. The number of methoxy groups -OCH3 is 1. The van der Waals surface area contributed by atoms with Gasteiger partial charge in [-0.05, 0) is 36.9 Å². The Morgan fingerprint density at radius 2 is 2.10 bits per heavy atom. The largest absolute Gasteiger partial charge is 0.491 e. The van der Waals surface area contributed by atoms with Gasteiger partial charge in [-0.15, -0.1) is 11.3 Å². The third-order valence-electron chi connectivity index (χ3n) is 4.40. The van der Waals surface area contributed by atoms with Crippen molar-refractivity contribution in [3.63, 3.8) is 0 Å². The molecule has 10 nitrogen and oxygen atoms in total. The van der Waals surface area contributed by atoms with Crippen LogP contribution in [0.4, 0.5) is 11.6 Å². The van der Waals surface area contributed by atoms with Crippen molar-refractivity contribution in [3.05, 3.63) is 38.7 Å². The second-order valence-corrected chi connectivity index (χ2v) is 9.37. The normalized spacial score (nSPS) is 12.6. The Kier molecular flexibility index (Phi) is 5.45. The molecule has 1 aromatic carbocycles. The molecule has 0 bridgehead atoms. The summed E-state index contributed by atoms with van der Waals surface area (Å²) < 4.78 is 49.0. The average Bonchev–Trinajstić information content (AvgIpc) is 3.45. The Labute approximate surface area is 186 Å². The smallest absolute Gasteiger partial charge is 0.267 e. The number of carbonyl (C=O) groups is 1. The van der Waals surface area contributed by atoms with Crippen LogP contribution in [0.2, 0.25) is 5.02 Å². The molecule has 0 saturated carbocycles. The van der Waals surface area contributed by atoms with Crippen LogP contribution in [0, 0.1) is 13.8 Å². The molecule has 0 atom stereocenters. The Balaban J connectivity index is 1.65. The molecule has 0 aliphatic carbocycles. The molecule has 0 saturated heterocycles. The van der Waals surface area contributed by atoms with E-state index < -0.39 is 15.9 Å². The number of hydrogen-bond donors (Lipinski definition) is 2. The second kappa shape index (κ2) is 7.94. The van der Waals surface area contributed by atoms with Gasteiger partial charge in [0.1, 0.15) is 20.5 Å². The van der Waals surface area contributed by atoms with Crippen molar-refractivity contribution in [3.8, 4) is 17.2 Å². The Bertz CT molecular complexity index is 1280. The van der Waals surface area contributed by atoms with Crippen molar-refractivity contribution in [2.45, 2.75) is 18.7 Å². The molecule has 31 heavy (non-hydrogen) atoms. The zero-order chi connectivity index (χ0) is 22.3. The van der Waals surface area contributed by atoms with Crippen LogP contribution in [-0.2, 0) is 10.0 Å². The van der Waals surface area contributed by atoms with Crippen LogP contribution in [0.3, 0.4) is 0 Å². The van der Waals surface area contributed by atoms with Crippen molar-refractivity contribution in [2.75, 3.05) is 23.9 Å². The van der Waals surface area contributed by atoms with Crippen LogP contribution in [-0.4, -0.2) is 33.4 Å². The lowest BCUT2D eigenvalue weighted by atomic mass is 10.1. The third-order valence-corrected chi connectivity index (χ3v) is 7.26. The topological polar surface area (TPSA) is 129 Å². The monoisotopic (exact) mass is 485 g/mol. The summed E-state index contributed by atoms with van der Waals surface area (Å²) >= 11 is 6.95. The number of anilines is 2. The first-order chi connectivity index (χ1) is 14.7. The number of nitrogens with one attached hydrogen (secondary N) is 2. The zero-order valence-corrected chi connectivity index (χ0v) is 18.8. The Morgan fingerprint density at radius 3 is 2.77 bits per heavy atom. The lowest BCUT2D eigenvalue weighted by Gasteiger charge is -2.15. The predicted octanol–water partition coefficient (Wildman–Crippen LogP) is 3.80. The number of aromatic nitrogens is 1. The Hall–Kier alpha value is -2.96. The SMILES string of the molecule is COc1c(NC(=O)c2sccc2S(=O)(=O)Nc2onc(C)c2Cl)c(C)cc2c1OCO2. The number of hydrogen-bond acceptors (Lipinski definition) is 9.